The maximum Gasteiger partial charge on any atom is 0.415 e. The topological polar surface area (TPSA) is 81.4 Å². The smallest absolute Gasteiger partial charge is 0.415 e. The van der Waals surface area contributed by atoms with Crippen molar-refractivity contribution in [3.8, 4) is 0 Å². The second kappa shape index (κ2) is 10.7. The van der Waals surface area contributed by atoms with E-state index in [4.69, 9.17) is 9.26 Å². The zero-order chi connectivity index (χ0) is 25.1. The molecule has 0 atom stereocenters. The minimum Gasteiger partial charge on any atom is -0.446 e. The van der Waals surface area contributed by atoms with Gasteiger partial charge in [-0.15, -0.1) is 0 Å². The maximum absolute atomic E-state index is 13.8. The van der Waals surface area contributed by atoms with Gasteiger partial charge in [-0.05, 0) is 68.2 Å². The van der Waals surface area contributed by atoms with E-state index in [1.807, 2.05) is 0 Å². The first kappa shape index (κ1) is 26.5. The van der Waals surface area contributed by atoms with E-state index in [1.54, 1.807) is 22.6 Å². The van der Waals surface area contributed by atoms with E-state index in [9.17, 15) is 26.7 Å². The minimum absolute atomic E-state index is 0.0998. The van der Waals surface area contributed by atoms with Crippen molar-refractivity contribution in [3.05, 3.63) is 33.4 Å². The molecule has 1 saturated carbocycles. The quantitative estimate of drug-likeness (QED) is 0.196. The standard InChI is InChI=1S/C21H24F5IN4O3/c1-20(2,23)18-29-16(30-34-18)6-4-3-5-7-31(17-10-15(27)14(22)11-28-17)19(32)33-13-8-12(9-13)21(24,25)26/h10-13H,3-9H2,1-2H3. The Balaban J connectivity index is 1.54. The van der Waals surface area contributed by atoms with Crippen molar-refractivity contribution in [2.24, 2.45) is 5.92 Å². The molecule has 1 fully saturated rings. The summed E-state index contributed by atoms with van der Waals surface area (Å²) in [7, 11) is 0. The van der Waals surface area contributed by atoms with Crippen molar-refractivity contribution >= 4 is 34.5 Å². The monoisotopic (exact) mass is 602 g/mol. The van der Waals surface area contributed by atoms with Crippen molar-refractivity contribution in [1.29, 1.82) is 0 Å². The molecule has 0 aliphatic heterocycles. The number of rotatable bonds is 9. The Hall–Kier alpha value is -2.06. The lowest BCUT2D eigenvalue weighted by Crippen LogP contribution is -2.44. The molecule has 1 aliphatic carbocycles. The number of carbonyl (C=O) groups is 1. The van der Waals surface area contributed by atoms with Crippen molar-refractivity contribution < 1.29 is 36.0 Å². The summed E-state index contributed by atoms with van der Waals surface area (Å²) in [5.41, 5.74) is -1.73. The van der Waals surface area contributed by atoms with Gasteiger partial charge in [-0.3, -0.25) is 4.90 Å². The average molecular weight is 602 g/mol. The molecule has 0 aromatic carbocycles. The third-order valence-corrected chi connectivity index (χ3v) is 6.20. The zero-order valence-electron chi connectivity index (χ0n) is 18.5. The highest BCUT2D eigenvalue weighted by atomic mass is 127. The molecule has 2 heterocycles. The number of alkyl halides is 4. The molecule has 0 bridgehead atoms. The number of aryl methyl sites for hydroxylation is 1. The highest BCUT2D eigenvalue weighted by Gasteiger charge is 2.49. The summed E-state index contributed by atoms with van der Waals surface area (Å²) in [5, 5.41) is 3.74. The number of unbranched alkanes of at least 4 members (excludes halogenated alkanes) is 2. The Morgan fingerprint density at radius 3 is 2.53 bits per heavy atom. The third-order valence-electron chi connectivity index (χ3n) is 5.38. The number of halogens is 6. The highest BCUT2D eigenvalue weighted by molar-refractivity contribution is 14.1. The number of aromatic nitrogens is 3. The number of anilines is 1. The Kier molecular flexibility index (Phi) is 8.34. The lowest BCUT2D eigenvalue weighted by atomic mass is 9.82. The molecule has 13 heteroatoms. The first-order valence-electron chi connectivity index (χ1n) is 10.7. The molecule has 1 aliphatic rings. The fourth-order valence-electron chi connectivity index (χ4n) is 3.31. The van der Waals surface area contributed by atoms with Crippen LogP contribution in [0.5, 0.6) is 0 Å². The Labute approximate surface area is 206 Å². The number of ether oxygens (including phenoxy) is 1. The van der Waals surface area contributed by atoms with Gasteiger partial charge in [0.15, 0.2) is 17.3 Å². The molecule has 0 radical (unpaired) electrons. The normalized spacial score (nSPS) is 18.5. The van der Waals surface area contributed by atoms with E-state index in [0.717, 1.165) is 6.20 Å². The second-order valence-corrected chi connectivity index (χ2v) is 9.79. The molecular weight excluding hydrogens is 578 g/mol. The summed E-state index contributed by atoms with van der Waals surface area (Å²) < 4.78 is 76.0. The van der Waals surface area contributed by atoms with Crippen LogP contribution >= 0.6 is 22.6 Å². The summed E-state index contributed by atoms with van der Waals surface area (Å²) in [5.74, 6) is -1.61. The lowest BCUT2D eigenvalue weighted by molar-refractivity contribution is -0.213. The van der Waals surface area contributed by atoms with E-state index in [-0.39, 0.29) is 34.7 Å². The number of carbonyl (C=O) groups excluding carboxylic acids is 1. The van der Waals surface area contributed by atoms with Gasteiger partial charge in [0.1, 0.15) is 11.9 Å². The Bertz CT molecular complexity index is 990. The van der Waals surface area contributed by atoms with E-state index < -0.39 is 35.8 Å². The molecule has 7 nitrogen and oxygen atoms in total. The summed E-state index contributed by atoms with van der Waals surface area (Å²) >= 11 is 1.76. The van der Waals surface area contributed by atoms with Crippen molar-refractivity contribution in [2.75, 3.05) is 11.4 Å². The van der Waals surface area contributed by atoms with Crippen LogP contribution in [0.1, 0.15) is 57.7 Å². The Morgan fingerprint density at radius 2 is 1.94 bits per heavy atom. The average Bonchev–Trinajstić information content (AvgIpc) is 3.18. The summed E-state index contributed by atoms with van der Waals surface area (Å²) in [4.78, 5) is 21.8. The van der Waals surface area contributed by atoms with E-state index in [0.29, 0.717) is 31.5 Å². The Morgan fingerprint density at radius 1 is 1.24 bits per heavy atom. The molecule has 1 amide bonds. The lowest BCUT2D eigenvalue weighted by Gasteiger charge is -2.36. The zero-order valence-corrected chi connectivity index (χ0v) is 20.7. The van der Waals surface area contributed by atoms with Gasteiger partial charge < -0.3 is 9.26 Å². The van der Waals surface area contributed by atoms with Gasteiger partial charge in [-0.25, -0.2) is 18.6 Å². The van der Waals surface area contributed by atoms with Gasteiger partial charge in [0.25, 0.3) is 5.89 Å². The van der Waals surface area contributed by atoms with Crippen molar-refractivity contribution in [2.45, 2.75) is 70.3 Å². The summed E-state index contributed by atoms with van der Waals surface area (Å²) in [6, 6.07) is 1.37. The number of hydrogen-bond donors (Lipinski definition) is 0. The van der Waals surface area contributed by atoms with E-state index >= 15 is 0 Å². The molecular formula is C21H24F5IN4O3. The molecule has 2 aromatic rings. The maximum atomic E-state index is 13.8. The molecule has 0 unspecified atom stereocenters. The predicted octanol–water partition coefficient (Wildman–Crippen LogP) is 6.11. The fraction of sp³-hybridized carbons (Fsp3) is 0.619. The van der Waals surface area contributed by atoms with Gasteiger partial charge >= 0.3 is 12.3 Å². The second-order valence-electron chi connectivity index (χ2n) is 8.62. The van der Waals surface area contributed by atoms with Crippen LogP contribution in [0.4, 0.5) is 32.6 Å². The summed E-state index contributed by atoms with van der Waals surface area (Å²) in [6.45, 7) is 2.79. The molecule has 3 rings (SSSR count). The number of hydrogen-bond acceptors (Lipinski definition) is 6. The highest BCUT2D eigenvalue weighted by Crippen LogP contribution is 2.42. The van der Waals surface area contributed by atoms with Gasteiger partial charge in [0.2, 0.25) is 0 Å². The van der Waals surface area contributed by atoms with Gasteiger partial charge in [0.05, 0.1) is 15.7 Å². The van der Waals surface area contributed by atoms with E-state index in [1.165, 1.54) is 24.8 Å². The fourth-order valence-corrected chi connectivity index (χ4v) is 3.73. The van der Waals surface area contributed by atoms with Crippen LogP contribution < -0.4 is 4.90 Å². The molecule has 0 saturated heterocycles. The molecule has 0 spiro atoms. The SMILES string of the molecule is CC(C)(F)c1nc(CCCCCN(C(=O)OC2CC(C(F)(F)F)C2)c2cc(I)c(F)cn2)no1. The van der Waals surface area contributed by atoms with Crippen LogP contribution in [0.15, 0.2) is 16.8 Å². The van der Waals surface area contributed by atoms with Gasteiger partial charge in [-0.2, -0.15) is 18.2 Å². The number of pyridine rings is 1. The van der Waals surface area contributed by atoms with Crippen LogP contribution in [-0.4, -0.2) is 40.0 Å². The van der Waals surface area contributed by atoms with Crippen molar-refractivity contribution in [3.63, 3.8) is 0 Å². The largest absolute Gasteiger partial charge is 0.446 e. The third kappa shape index (κ3) is 6.98. The van der Waals surface area contributed by atoms with Crippen LogP contribution in [0.2, 0.25) is 0 Å². The predicted molar refractivity (Wildman–Crippen MR) is 119 cm³/mol. The van der Waals surface area contributed by atoms with Crippen LogP contribution in [0, 0.1) is 15.3 Å². The first-order chi connectivity index (χ1) is 15.8. The molecule has 188 valence electrons. The summed E-state index contributed by atoms with van der Waals surface area (Å²) in [6.07, 6.45) is -3.35. The van der Waals surface area contributed by atoms with Crippen molar-refractivity contribution in [1.82, 2.24) is 15.1 Å². The van der Waals surface area contributed by atoms with Gasteiger partial charge in [0, 0.05) is 13.0 Å². The van der Waals surface area contributed by atoms with Crippen LogP contribution in [0.3, 0.4) is 0 Å². The molecule has 34 heavy (non-hydrogen) atoms. The van der Waals surface area contributed by atoms with E-state index in [2.05, 4.69) is 15.1 Å². The molecule has 0 N–H and O–H groups in total. The first-order valence-corrected chi connectivity index (χ1v) is 11.8. The number of nitrogens with zero attached hydrogens (tertiary/aromatic N) is 4. The van der Waals surface area contributed by atoms with Crippen LogP contribution in [-0.2, 0) is 16.8 Å². The number of amides is 1. The molecule has 2 aromatic heterocycles. The van der Waals surface area contributed by atoms with Crippen LogP contribution in [0.25, 0.3) is 0 Å². The minimum atomic E-state index is -4.31. The van der Waals surface area contributed by atoms with Gasteiger partial charge in [-0.1, -0.05) is 11.6 Å².